The molecule has 0 saturated carbocycles. The highest BCUT2D eigenvalue weighted by atomic mass is 19.1. The molecule has 0 spiro atoms. The summed E-state index contributed by atoms with van der Waals surface area (Å²) in [5.41, 5.74) is 1.40. The minimum absolute atomic E-state index is 0.0464. The van der Waals surface area contributed by atoms with E-state index in [0.717, 1.165) is 0 Å². The zero-order valence-corrected chi connectivity index (χ0v) is 11.3. The zero-order chi connectivity index (χ0) is 18.5. The second-order valence-corrected chi connectivity index (χ2v) is 4.45. The van der Waals surface area contributed by atoms with Crippen LogP contribution in [0.4, 0.5) is 4.39 Å². The van der Waals surface area contributed by atoms with Gasteiger partial charge in [0.05, 0.1) is 7.39 Å². The maximum Gasteiger partial charge on any atom is 0.136 e. The molecule has 0 saturated heterocycles. The first-order chi connectivity index (χ1) is 11.7. The number of ether oxygens (including phenoxy) is 1. The molecule has 2 rings (SSSR count). The first-order valence-electron chi connectivity index (χ1n) is 8.41. The average molecular weight is 291 g/mol. The van der Waals surface area contributed by atoms with E-state index in [1.54, 1.807) is 36.4 Å². The van der Waals surface area contributed by atoms with Crippen molar-refractivity contribution in [3.05, 3.63) is 65.5 Å². The van der Waals surface area contributed by atoms with Gasteiger partial charge >= 0.3 is 0 Å². The summed E-state index contributed by atoms with van der Waals surface area (Å²) in [6.07, 6.45) is 0.0798. The molecule has 4 heteroatoms. The molecule has 2 aromatic rings. The summed E-state index contributed by atoms with van der Waals surface area (Å²) in [7, 11) is 0. The molecule has 0 bridgehead atoms. The first-order valence-corrected chi connectivity index (χ1v) is 6.41. The molecular weight excluding hydrogens is 269 g/mol. The van der Waals surface area contributed by atoms with Crippen LogP contribution in [-0.4, -0.2) is 12.3 Å². The minimum Gasteiger partial charge on any atom is -0.489 e. The Bertz CT molecular complexity index is 721. The Labute approximate surface area is 129 Å². The Balaban J connectivity index is 1.92. The van der Waals surface area contributed by atoms with Crippen LogP contribution < -0.4 is 10.1 Å². The van der Waals surface area contributed by atoms with Crippen molar-refractivity contribution in [2.45, 2.75) is 26.0 Å². The Kier molecular flexibility index (Phi) is 3.78. The van der Waals surface area contributed by atoms with Crippen LogP contribution in [0.1, 0.15) is 23.5 Å². The van der Waals surface area contributed by atoms with Crippen LogP contribution in [-0.2, 0) is 17.9 Å². The maximum absolute atomic E-state index is 13.1. The lowest BCUT2D eigenvalue weighted by atomic mass is 10.2. The zero-order valence-electron chi connectivity index (χ0n) is 15.3. The third-order valence-corrected chi connectivity index (χ3v) is 2.82. The van der Waals surface area contributed by atoms with Crippen molar-refractivity contribution < 1.29 is 19.4 Å². The van der Waals surface area contributed by atoms with Gasteiger partial charge in [-0.1, -0.05) is 24.3 Å². The number of nitrogens with one attached hydrogen (secondary N) is 1. The van der Waals surface area contributed by atoms with Gasteiger partial charge in [0.1, 0.15) is 24.5 Å². The molecule has 0 fully saturated rings. The predicted molar refractivity (Wildman–Crippen MR) is 79.5 cm³/mol. The quantitative estimate of drug-likeness (QED) is 0.797. The molecule has 0 radical (unpaired) electrons. The van der Waals surface area contributed by atoms with Crippen molar-refractivity contribution >= 4 is 6.29 Å². The van der Waals surface area contributed by atoms with Crippen molar-refractivity contribution in [2.24, 2.45) is 0 Å². The van der Waals surface area contributed by atoms with Crippen LogP contribution in [0.5, 0.6) is 5.75 Å². The van der Waals surface area contributed by atoms with E-state index in [1.807, 2.05) is 0 Å². The highest BCUT2D eigenvalue weighted by Gasteiger charge is 2.01. The summed E-state index contributed by atoms with van der Waals surface area (Å²) >= 11 is 0. The van der Waals surface area contributed by atoms with Gasteiger partial charge in [-0.2, -0.15) is 0 Å². The molecule has 21 heavy (non-hydrogen) atoms. The largest absolute Gasteiger partial charge is 0.489 e. The summed E-state index contributed by atoms with van der Waals surface area (Å²) < 4.78 is 48.1. The molecule has 2 aromatic carbocycles. The topological polar surface area (TPSA) is 38.3 Å². The van der Waals surface area contributed by atoms with Crippen LogP contribution >= 0.6 is 0 Å². The first kappa shape index (κ1) is 10.5. The number of carbonyl (C=O) groups excluding carboxylic acids is 1. The molecule has 1 atom stereocenters. The number of rotatable bonds is 7. The lowest BCUT2D eigenvalue weighted by molar-refractivity contribution is -0.109. The molecule has 0 unspecified atom stereocenters. The second-order valence-electron chi connectivity index (χ2n) is 4.45. The Morgan fingerprint density at radius 1 is 1.33 bits per heavy atom. The fourth-order valence-corrected chi connectivity index (χ4v) is 1.74. The van der Waals surface area contributed by atoms with Gasteiger partial charge in [-0.05, 0) is 42.2 Å². The van der Waals surface area contributed by atoms with Gasteiger partial charge in [-0.25, -0.2) is 4.39 Å². The van der Waals surface area contributed by atoms with Gasteiger partial charge in [0.25, 0.3) is 0 Å². The summed E-state index contributed by atoms with van der Waals surface area (Å²) in [4.78, 5) is 10.9. The maximum atomic E-state index is 13.1. The Morgan fingerprint density at radius 3 is 2.81 bits per heavy atom. The third-order valence-electron chi connectivity index (χ3n) is 2.82. The SMILES string of the molecule is [2H]C([2H])([2H])[C@]([2H])(C=O)NCc1ccc(OCc2cccc(F)c2)cc1. The van der Waals surface area contributed by atoms with E-state index in [4.69, 9.17) is 10.2 Å². The summed E-state index contributed by atoms with van der Waals surface area (Å²) in [5, 5.41) is 2.44. The van der Waals surface area contributed by atoms with Gasteiger partial charge in [0, 0.05) is 10.7 Å². The number of aldehydes is 1. The smallest absolute Gasteiger partial charge is 0.136 e. The van der Waals surface area contributed by atoms with Crippen LogP contribution in [0.15, 0.2) is 48.5 Å². The van der Waals surface area contributed by atoms with Crippen molar-refractivity contribution in [3.63, 3.8) is 0 Å². The average Bonchev–Trinajstić information content (AvgIpc) is 2.58. The summed E-state index contributed by atoms with van der Waals surface area (Å²) in [5.74, 6) is 0.238. The van der Waals surface area contributed by atoms with Gasteiger partial charge in [-0.15, -0.1) is 0 Å². The van der Waals surface area contributed by atoms with Crippen molar-refractivity contribution in [1.29, 1.82) is 0 Å². The Morgan fingerprint density at radius 2 is 2.14 bits per heavy atom. The molecule has 0 aliphatic carbocycles. The highest BCUT2D eigenvalue weighted by molar-refractivity contribution is 5.56. The molecule has 0 aliphatic heterocycles. The minimum atomic E-state index is -2.76. The van der Waals surface area contributed by atoms with E-state index in [1.165, 1.54) is 12.1 Å². The van der Waals surface area contributed by atoms with Gasteiger partial charge in [0.2, 0.25) is 0 Å². The van der Waals surface area contributed by atoms with E-state index < -0.39 is 12.9 Å². The standard InChI is InChI=1S/C17H18FNO2/c1-13(11-20)19-10-14-5-7-17(8-6-14)21-12-15-3-2-4-16(18)9-15/h2-9,11,13,19H,10,12H2,1H3/t13-/m1/s1/i1D3,13D. The Hall–Kier alpha value is -2.20. The van der Waals surface area contributed by atoms with E-state index in [9.17, 15) is 9.18 Å². The van der Waals surface area contributed by atoms with Crippen molar-refractivity contribution in [3.8, 4) is 5.75 Å². The van der Waals surface area contributed by atoms with Crippen LogP contribution in [0.25, 0.3) is 0 Å². The third kappa shape index (κ3) is 5.00. The normalized spacial score (nSPS) is 16.8. The molecule has 0 aromatic heterocycles. The predicted octanol–water partition coefficient (Wildman–Crippen LogP) is 3.08. The number of hydrogen-bond donors (Lipinski definition) is 1. The van der Waals surface area contributed by atoms with E-state index in [-0.39, 0.29) is 25.3 Å². The molecule has 0 aliphatic rings. The number of hydrogen-bond acceptors (Lipinski definition) is 3. The van der Waals surface area contributed by atoms with Crippen LogP contribution in [0.3, 0.4) is 0 Å². The van der Waals surface area contributed by atoms with Gasteiger partial charge in [0.15, 0.2) is 0 Å². The van der Waals surface area contributed by atoms with Crippen molar-refractivity contribution in [1.82, 2.24) is 5.32 Å². The van der Waals surface area contributed by atoms with Crippen molar-refractivity contribution in [2.75, 3.05) is 0 Å². The molecule has 110 valence electrons. The monoisotopic (exact) mass is 291 g/mol. The highest BCUT2D eigenvalue weighted by Crippen LogP contribution is 2.14. The van der Waals surface area contributed by atoms with Gasteiger partial charge in [-0.3, -0.25) is 0 Å². The lowest BCUT2D eigenvalue weighted by Crippen LogP contribution is -2.26. The van der Waals surface area contributed by atoms with Crippen LogP contribution in [0, 0.1) is 5.82 Å². The summed E-state index contributed by atoms with van der Waals surface area (Å²) in [6, 6.07) is 10.5. The molecule has 0 heterocycles. The number of carbonyl (C=O) groups is 1. The van der Waals surface area contributed by atoms with Crippen LogP contribution in [0.2, 0.25) is 0 Å². The van der Waals surface area contributed by atoms with E-state index >= 15 is 0 Å². The fourth-order valence-electron chi connectivity index (χ4n) is 1.74. The van der Waals surface area contributed by atoms with Gasteiger partial charge < -0.3 is 14.8 Å². The molecule has 0 amide bonds. The molecule has 1 N–H and O–H groups in total. The fraction of sp³-hybridized carbons (Fsp3) is 0.235. The van der Waals surface area contributed by atoms with E-state index in [2.05, 4.69) is 5.32 Å². The number of benzene rings is 2. The molecule has 3 nitrogen and oxygen atoms in total. The number of halogens is 1. The second kappa shape index (κ2) is 7.55. The van der Waals surface area contributed by atoms with E-state index in [0.29, 0.717) is 16.9 Å². The lowest BCUT2D eigenvalue weighted by Gasteiger charge is -2.09. The summed E-state index contributed by atoms with van der Waals surface area (Å²) in [6.45, 7) is -2.50. The molecular formula is C17H18FNO2.